The summed E-state index contributed by atoms with van der Waals surface area (Å²) in [6.07, 6.45) is 1.63. The zero-order valence-corrected chi connectivity index (χ0v) is 14.9. The van der Waals surface area contributed by atoms with Gasteiger partial charge < -0.3 is 14.4 Å². The highest BCUT2D eigenvalue weighted by Crippen LogP contribution is 2.36. The fourth-order valence-electron chi connectivity index (χ4n) is 3.04. The third-order valence-electron chi connectivity index (χ3n) is 4.32. The molecule has 0 amide bonds. The Morgan fingerprint density at radius 1 is 1.20 bits per heavy atom. The van der Waals surface area contributed by atoms with Crippen molar-refractivity contribution in [2.45, 2.75) is 0 Å². The molecule has 3 aromatic rings. The normalized spacial score (nSPS) is 15.4. The highest BCUT2D eigenvalue weighted by Gasteiger charge is 2.22. The maximum Gasteiger partial charge on any atom is 0.146 e. The van der Waals surface area contributed by atoms with Crippen LogP contribution in [0.25, 0.3) is 10.2 Å². The van der Waals surface area contributed by atoms with E-state index in [0.29, 0.717) is 0 Å². The standard InChI is InChI=1S/C18H20N4O2S/c1-23-16-5-3-2-4-15(16)22(13-21-7-9-24-10-8-21)17-14-6-11-25-18(14)20-12-19-17/h2-6,11-12H,7-10,13H2,1H3. The second kappa shape index (κ2) is 7.35. The molecule has 2 aromatic heterocycles. The van der Waals surface area contributed by atoms with Crippen molar-refractivity contribution in [1.29, 1.82) is 0 Å². The minimum absolute atomic E-state index is 0.728. The van der Waals surface area contributed by atoms with Crippen molar-refractivity contribution in [3.05, 3.63) is 42.0 Å². The number of morpholine rings is 1. The van der Waals surface area contributed by atoms with Crippen molar-refractivity contribution in [3.63, 3.8) is 0 Å². The molecule has 25 heavy (non-hydrogen) atoms. The lowest BCUT2D eigenvalue weighted by Crippen LogP contribution is -2.43. The first-order chi connectivity index (χ1) is 12.4. The predicted molar refractivity (Wildman–Crippen MR) is 99.8 cm³/mol. The van der Waals surface area contributed by atoms with Gasteiger partial charge in [0.25, 0.3) is 0 Å². The maximum atomic E-state index is 5.60. The largest absolute Gasteiger partial charge is 0.495 e. The molecule has 0 atom stereocenters. The van der Waals surface area contributed by atoms with Crippen molar-refractivity contribution in [3.8, 4) is 5.75 Å². The Morgan fingerprint density at radius 2 is 2.04 bits per heavy atom. The summed E-state index contributed by atoms with van der Waals surface area (Å²) < 4.78 is 11.1. The SMILES string of the molecule is COc1ccccc1N(CN1CCOCC1)c1ncnc2sccc12. The summed E-state index contributed by atoms with van der Waals surface area (Å²) in [6.45, 7) is 4.06. The molecule has 1 aliphatic heterocycles. The minimum Gasteiger partial charge on any atom is -0.495 e. The molecule has 0 spiro atoms. The molecule has 1 aromatic carbocycles. The van der Waals surface area contributed by atoms with Gasteiger partial charge in [-0.05, 0) is 23.6 Å². The Bertz CT molecular complexity index is 848. The van der Waals surface area contributed by atoms with E-state index >= 15 is 0 Å². The monoisotopic (exact) mass is 356 g/mol. The average molecular weight is 356 g/mol. The van der Waals surface area contributed by atoms with Gasteiger partial charge in [-0.25, -0.2) is 9.97 Å². The van der Waals surface area contributed by atoms with Crippen LogP contribution in [0.3, 0.4) is 0 Å². The van der Waals surface area contributed by atoms with E-state index in [1.54, 1.807) is 24.8 Å². The van der Waals surface area contributed by atoms with Crippen LogP contribution in [0.1, 0.15) is 0 Å². The van der Waals surface area contributed by atoms with Gasteiger partial charge in [-0.1, -0.05) is 12.1 Å². The van der Waals surface area contributed by atoms with Crippen molar-refractivity contribution in [2.24, 2.45) is 0 Å². The van der Waals surface area contributed by atoms with E-state index in [4.69, 9.17) is 9.47 Å². The van der Waals surface area contributed by atoms with Crippen LogP contribution < -0.4 is 9.64 Å². The summed E-state index contributed by atoms with van der Waals surface area (Å²) >= 11 is 1.63. The Kier molecular flexibility index (Phi) is 4.78. The molecular weight excluding hydrogens is 336 g/mol. The molecule has 130 valence electrons. The van der Waals surface area contributed by atoms with Crippen LogP contribution in [0.5, 0.6) is 5.75 Å². The first-order valence-electron chi connectivity index (χ1n) is 8.25. The van der Waals surface area contributed by atoms with Crippen LogP contribution in [0.2, 0.25) is 0 Å². The molecule has 0 unspecified atom stereocenters. The number of para-hydroxylation sites is 2. The number of methoxy groups -OCH3 is 1. The minimum atomic E-state index is 0.728. The number of nitrogens with zero attached hydrogens (tertiary/aromatic N) is 4. The molecule has 0 radical (unpaired) electrons. The van der Waals surface area contributed by atoms with Gasteiger partial charge in [0.15, 0.2) is 0 Å². The summed E-state index contributed by atoms with van der Waals surface area (Å²) in [4.78, 5) is 14.6. The van der Waals surface area contributed by atoms with Gasteiger partial charge >= 0.3 is 0 Å². The maximum absolute atomic E-state index is 5.60. The zero-order valence-electron chi connectivity index (χ0n) is 14.1. The number of benzene rings is 1. The van der Waals surface area contributed by atoms with Gasteiger partial charge in [-0.15, -0.1) is 11.3 Å². The lowest BCUT2D eigenvalue weighted by atomic mass is 10.2. The van der Waals surface area contributed by atoms with Crippen molar-refractivity contribution in [1.82, 2.24) is 14.9 Å². The number of thiophene rings is 1. The molecule has 1 aliphatic rings. The van der Waals surface area contributed by atoms with Crippen LogP contribution in [0.4, 0.5) is 11.5 Å². The molecule has 3 heterocycles. The highest BCUT2D eigenvalue weighted by molar-refractivity contribution is 7.16. The Morgan fingerprint density at radius 3 is 2.88 bits per heavy atom. The Labute approximate surface area is 150 Å². The van der Waals surface area contributed by atoms with Gasteiger partial charge in [0.2, 0.25) is 0 Å². The summed E-state index contributed by atoms with van der Waals surface area (Å²) in [5.74, 6) is 1.74. The van der Waals surface area contributed by atoms with Crippen LogP contribution >= 0.6 is 11.3 Å². The summed E-state index contributed by atoms with van der Waals surface area (Å²) in [5, 5.41) is 3.12. The number of hydrogen-bond acceptors (Lipinski definition) is 7. The van der Waals surface area contributed by atoms with Gasteiger partial charge in [-0.2, -0.15) is 0 Å². The molecule has 7 heteroatoms. The second-order valence-corrected chi connectivity index (χ2v) is 6.70. The molecular formula is C18H20N4O2S. The summed E-state index contributed by atoms with van der Waals surface area (Å²) in [7, 11) is 1.70. The van der Waals surface area contributed by atoms with Crippen molar-refractivity contribution >= 4 is 33.1 Å². The molecule has 0 aliphatic carbocycles. The van der Waals surface area contributed by atoms with Crippen LogP contribution in [-0.4, -0.2) is 54.9 Å². The van der Waals surface area contributed by atoms with Gasteiger partial charge in [0.1, 0.15) is 22.7 Å². The number of aromatic nitrogens is 2. The third-order valence-corrected chi connectivity index (χ3v) is 5.14. The van der Waals surface area contributed by atoms with E-state index in [0.717, 1.165) is 60.4 Å². The topological polar surface area (TPSA) is 50.7 Å². The van der Waals surface area contributed by atoms with Crippen LogP contribution in [0, 0.1) is 0 Å². The zero-order chi connectivity index (χ0) is 17.1. The molecule has 0 N–H and O–H groups in total. The van der Waals surface area contributed by atoms with Crippen molar-refractivity contribution < 1.29 is 9.47 Å². The van der Waals surface area contributed by atoms with E-state index < -0.39 is 0 Å². The summed E-state index contributed by atoms with van der Waals surface area (Å²) in [6, 6.07) is 10.1. The number of anilines is 2. The Hall–Kier alpha value is -2.22. The number of hydrogen-bond donors (Lipinski definition) is 0. The fourth-order valence-corrected chi connectivity index (χ4v) is 3.77. The Balaban J connectivity index is 1.79. The van der Waals surface area contributed by atoms with Crippen LogP contribution in [0.15, 0.2) is 42.0 Å². The average Bonchev–Trinajstić information content (AvgIpc) is 3.16. The molecule has 1 fully saturated rings. The van der Waals surface area contributed by atoms with Crippen LogP contribution in [-0.2, 0) is 4.74 Å². The first kappa shape index (κ1) is 16.3. The molecule has 0 bridgehead atoms. The van der Waals surface area contributed by atoms with E-state index in [1.165, 1.54) is 0 Å². The smallest absolute Gasteiger partial charge is 0.146 e. The molecule has 0 saturated carbocycles. The molecule has 4 rings (SSSR count). The number of fused-ring (bicyclic) bond motifs is 1. The highest BCUT2D eigenvalue weighted by atomic mass is 32.1. The van der Waals surface area contributed by atoms with E-state index in [9.17, 15) is 0 Å². The molecule has 1 saturated heterocycles. The van der Waals surface area contributed by atoms with Gasteiger partial charge in [-0.3, -0.25) is 4.90 Å². The lowest BCUT2D eigenvalue weighted by molar-refractivity contribution is 0.0391. The van der Waals surface area contributed by atoms with E-state index in [2.05, 4.69) is 37.3 Å². The van der Waals surface area contributed by atoms with E-state index in [1.807, 2.05) is 18.2 Å². The number of ether oxygens (including phenoxy) is 2. The summed E-state index contributed by atoms with van der Waals surface area (Å²) in [5.41, 5.74) is 1.00. The lowest BCUT2D eigenvalue weighted by Gasteiger charge is -2.34. The quantitative estimate of drug-likeness (QED) is 0.700. The van der Waals surface area contributed by atoms with Crippen molar-refractivity contribution in [2.75, 3.05) is 45.0 Å². The molecule has 6 nitrogen and oxygen atoms in total. The predicted octanol–water partition coefficient (Wildman–Crippen LogP) is 3.13. The van der Waals surface area contributed by atoms with Gasteiger partial charge in [0.05, 0.1) is 38.1 Å². The third kappa shape index (κ3) is 3.30. The second-order valence-electron chi connectivity index (χ2n) is 5.81. The first-order valence-corrected chi connectivity index (χ1v) is 9.13. The fraction of sp³-hybridized carbons (Fsp3) is 0.333. The number of rotatable bonds is 5. The van der Waals surface area contributed by atoms with E-state index in [-0.39, 0.29) is 0 Å². The van der Waals surface area contributed by atoms with Gasteiger partial charge in [0, 0.05) is 13.1 Å².